The Labute approximate surface area is 110 Å². The van der Waals surface area contributed by atoms with Gasteiger partial charge in [-0.2, -0.15) is 0 Å². The molecule has 1 aromatic carbocycles. The van der Waals surface area contributed by atoms with Gasteiger partial charge in [0.05, 0.1) is 16.9 Å². The van der Waals surface area contributed by atoms with Crippen molar-refractivity contribution in [1.29, 1.82) is 0 Å². The summed E-state index contributed by atoms with van der Waals surface area (Å²) >= 11 is 0. The van der Waals surface area contributed by atoms with Crippen molar-refractivity contribution in [2.45, 2.75) is 6.92 Å². The lowest BCUT2D eigenvalue weighted by molar-refractivity contribution is 0.0695. The fourth-order valence-corrected chi connectivity index (χ4v) is 1.81. The van der Waals surface area contributed by atoms with Crippen molar-refractivity contribution in [2.75, 3.05) is 11.9 Å². The Morgan fingerprint density at radius 2 is 1.95 bits per heavy atom. The van der Waals surface area contributed by atoms with E-state index >= 15 is 0 Å². The number of hydrogen-bond donors (Lipinski definition) is 1. The third-order valence-electron chi connectivity index (χ3n) is 2.86. The number of carboxylic acid groups (broad SMARTS) is 1. The quantitative estimate of drug-likeness (QED) is 0.921. The van der Waals surface area contributed by atoms with Crippen molar-refractivity contribution in [3.05, 3.63) is 53.5 Å². The number of anilines is 2. The van der Waals surface area contributed by atoms with Gasteiger partial charge >= 0.3 is 5.97 Å². The zero-order chi connectivity index (χ0) is 14.0. The third kappa shape index (κ3) is 2.54. The third-order valence-corrected chi connectivity index (χ3v) is 2.86. The number of carboxylic acids is 1. The molecule has 4 nitrogen and oxygen atoms in total. The second kappa shape index (κ2) is 5.06. The fraction of sp³-hybridized carbons (Fsp3) is 0.143. The lowest BCUT2D eigenvalue weighted by Crippen LogP contribution is -2.14. The molecule has 2 aromatic rings. The maximum atomic E-state index is 13.7. The van der Waals surface area contributed by atoms with Crippen LogP contribution in [0.25, 0.3) is 0 Å². The Morgan fingerprint density at radius 3 is 2.53 bits per heavy atom. The van der Waals surface area contributed by atoms with Crippen molar-refractivity contribution in [3.8, 4) is 0 Å². The van der Waals surface area contributed by atoms with Crippen LogP contribution in [0, 0.1) is 12.7 Å². The van der Waals surface area contributed by atoms with Crippen LogP contribution < -0.4 is 4.90 Å². The minimum Gasteiger partial charge on any atom is -0.478 e. The van der Waals surface area contributed by atoms with Gasteiger partial charge < -0.3 is 10.0 Å². The Hall–Kier alpha value is -2.43. The highest BCUT2D eigenvalue weighted by Gasteiger charge is 2.13. The molecule has 0 aliphatic rings. The monoisotopic (exact) mass is 260 g/mol. The molecular weight excluding hydrogens is 247 g/mol. The Kier molecular flexibility index (Phi) is 3.46. The number of nitrogens with zero attached hydrogens (tertiary/aromatic N) is 2. The van der Waals surface area contributed by atoms with Gasteiger partial charge in [0.1, 0.15) is 11.6 Å². The molecule has 0 atom stereocenters. The molecule has 0 radical (unpaired) electrons. The van der Waals surface area contributed by atoms with Crippen LogP contribution in [-0.4, -0.2) is 23.1 Å². The van der Waals surface area contributed by atoms with Crippen LogP contribution in [0.15, 0.2) is 36.4 Å². The normalized spacial score (nSPS) is 10.3. The van der Waals surface area contributed by atoms with Gasteiger partial charge in [0.15, 0.2) is 0 Å². The number of hydrogen-bond acceptors (Lipinski definition) is 3. The topological polar surface area (TPSA) is 53.4 Å². The number of pyridine rings is 1. The number of carbonyl (C=O) groups is 1. The summed E-state index contributed by atoms with van der Waals surface area (Å²) in [5.41, 5.74) is 0.927. The molecule has 2 rings (SSSR count). The van der Waals surface area contributed by atoms with Crippen LogP contribution in [0.4, 0.5) is 15.9 Å². The van der Waals surface area contributed by atoms with E-state index in [0.717, 1.165) is 0 Å². The smallest absolute Gasteiger partial charge is 0.337 e. The molecule has 1 N–H and O–H groups in total. The molecule has 0 saturated carbocycles. The van der Waals surface area contributed by atoms with Crippen LogP contribution in [0.2, 0.25) is 0 Å². The summed E-state index contributed by atoms with van der Waals surface area (Å²) in [5, 5.41) is 8.94. The highest BCUT2D eigenvalue weighted by Crippen LogP contribution is 2.25. The molecule has 0 fully saturated rings. The predicted molar refractivity (Wildman–Crippen MR) is 70.4 cm³/mol. The Balaban J connectivity index is 2.40. The number of rotatable bonds is 3. The van der Waals surface area contributed by atoms with Crippen LogP contribution in [-0.2, 0) is 0 Å². The molecule has 0 amide bonds. The van der Waals surface area contributed by atoms with E-state index < -0.39 is 5.97 Å². The summed E-state index contributed by atoms with van der Waals surface area (Å²) < 4.78 is 13.7. The lowest BCUT2D eigenvalue weighted by atomic mass is 10.2. The molecule has 0 saturated heterocycles. The van der Waals surface area contributed by atoms with Gasteiger partial charge in [0, 0.05) is 7.05 Å². The molecule has 0 bridgehead atoms. The van der Waals surface area contributed by atoms with E-state index in [1.807, 2.05) is 0 Å². The van der Waals surface area contributed by atoms with E-state index in [4.69, 9.17) is 5.11 Å². The van der Waals surface area contributed by atoms with Crippen molar-refractivity contribution in [2.24, 2.45) is 0 Å². The number of aromatic carboxylic acids is 1. The molecule has 1 heterocycles. The van der Waals surface area contributed by atoms with Crippen molar-refractivity contribution in [1.82, 2.24) is 4.98 Å². The zero-order valence-electron chi connectivity index (χ0n) is 10.6. The Morgan fingerprint density at radius 1 is 1.26 bits per heavy atom. The number of halogens is 1. The summed E-state index contributed by atoms with van der Waals surface area (Å²) in [7, 11) is 1.68. The molecule has 0 unspecified atom stereocenters. The molecule has 0 aliphatic heterocycles. The molecule has 0 spiro atoms. The number of aromatic nitrogens is 1. The molecule has 1 aromatic heterocycles. The minimum absolute atomic E-state index is 0.144. The van der Waals surface area contributed by atoms with Crippen LogP contribution in [0.5, 0.6) is 0 Å². The summed E-state index contributed by atoms with van der Waals surface area (Å²) in [6, 6.07) is 9.37. The summed E-state index contributed by atoms with van der Waals surface area (Å²) in [6.45, 7) is 1.61. The summed E-state index contributed by atoms with van der Waals surface area (Å²) in [6.07, 6.45) is 0. The van der Waals surface area contributed by atoms with Gasteiger partial charge in [-0.1, -0.05) is 12.1 Å². The molecule has 0 aliphatic carbocycles. The van der Waals surface area contributed by atoms with E-state index in [9.17, 15) is 9.18 Å². The van der Waals surface area contributed by atoms with Gasteiger partial charge in [0.2, 0.25) is 0 Å². The summed E-state index contributed by atoms with van der Waals surface area (Å²) in [5.74, 6) is -0.885. The number of para-hydroxylation sites is 1. The van der Waals surface area contributed by atoms with E-state index in [-0.39, 0.29) is 11.4 Å². The van der Waals surface area contributed by atoms with Crippen LogP contribution >= 0.6 is 0 Å². The predicted octanol–water partition coefficient (Wildman–Crippen LogP) is 3.00. The first kappa shape index (κ1) is 13.0. The van der Waals surface area contributed by atoms with E-state index in [1.54, 1.807) is 43.1 Å². The number of aryl methyl sites for hydroxylation is 1. The zero-order valence-corrected chi connectivity index (χ0v) is 10.6. The molecule has 5 heteroatoms. The minimum atomic E-state index is -1.02. The van der Waals surface area contributed by atoms with Crippen LogP contribution in [0.3, 0.4) is 0 Å². The van der Waals surface area contributed by atoms with Gasteiger partial charge in [-0.05, 0) is 31.2 Å². The maximum absolute atomic E-state index is 13.7. The number of benzene rings is 1. The first-order valence-corrected chi connectivity index (χ1v) is 5.70. The van der Waals surface area contributed by atoms with E-state index in [1.165, 1.54) is 12.1 Å². The lowest BCUT2D eigenvalue weighted by Gasteiger charge is -2.19. The summed E-state index contributed by atoms with van der Waals surface area (Å²) in [4.78, 5) is 16.7. The van der Waals surface area contributed by atoms with Gasteiger partial charge in [-0.25, -0.2) is 14.2 Å². The molecular formula is C14H13FN2O2. The van der Waals surface area contributed by atoms with Gasteiger partial charge in [-0.3, -0.25) is 0 Å². The molecule has 98 valence electrons. The average molecular weight is 260 g/mol. The van der Waals surface area contributed by atoms with Gasteiger partial charge in [0.25, 0.3) is 0 Å². The standard InChI is InChI=1S/C14H13FN2O2/c1-9-10(14(18)19)7-8-13(16-9)17(2)12-6-4-3-5-11(12)15/h3-8H,1-2H3,(H,18,19). The van der Waals surface area contributed by atoms with Crippen molar-refractivity contribution < 1.29 is 14.3 Å². The maximum Gasteiger partial charge on any atom is 0.337 e. The SMILES string of the molecule is Cc1nc(N(C)c2ccccc2F)ccc1C(=O)O. The second-order valence-corrected chi connectivity index (χ2v) is 4.12. The van der Waals surface area contributed by atoms with Crippen LogP contribution in [0.1, 0.15) is 16.1 Å². The Bertz CT molecular complexity index is 629. The first-order chi connectivity index (χ1) is 9.00. The van der Waals surface area contributed by atoms with Crippen molar-refractivity contribution in [3.63, 3.8) is 0 Å². The largest absolute Gasteiger partial charge is 0.478 e. The average Bonchev–Trinajstić information content (AvgIpc) is 2.38. The van der Waals surface area contributed by atoms with E-state index in [2.05, 4.69) is 4.98 Å². The highest BCUT2D eigenvalue weighted by atomic mass is 19.1. The highest BCUT2D eigenvalue weighted by molar-refractivity contribution is 5.89. The molecule has 19 heavy (non-hydrogen) atoms. The van der Waals surface area contributed by atoms with Gasteiger partial charge in [-0.15, -0.1) is 0 Å². The van der Waals surface area contributed by atoms with Crippen molar-refractivity contribution >= 4 is 17.5 Å². The van der Waals surface area contributed by atoms with E-state index in [0.29, 0.717) is 17.2 Å². The second-order valence-electron chi connectivity index (χ2n) is 4.12. The fourth-order valence-electron chi connectivity index (χ4n) is 1.81. The first-order valence-electron chi connectivity index (χ1n) is 5.70.